The average Bonchev–Trinajstić information content (AvgIpc) is 3.22. The van der Waals surface area contributed by atoms with Crippen molar-refractivity contribution < 1.29 is 24.1 Å². The fourth-order valence-electron chi connectivity index (χ4n) is 3.68. The van der Waals surface area contributed by atoms with Gasteiger partial charge < -0.3 is 14.5 Å². The number of rotatable bonds is 7. The molecule has 2 fully saturated rings. The van der Waals surface area contributed by atoms with Crippen LogP contribution in [0.4, 0.5) is 4.39 Å². The number of likely N-dealkylation sites (tertiary alicyclic amines) is 1. The van der Waals surface area contributed by atoms with E-state index in [1.54, 1.807) is 18.3 Å². The summed E-state index contributed by atoms with van der Waals surface area (Å²) in [5.41, 5.74) is 1.34. The number of benzene rings is 1. The molecule has 4 rings (SSSR count). The third kappa shape index (κ3) is 5.29. The van der Waals surface area contributed by atoms with Crippen LogP contribution in [0.15, 0.2) is 30.5 Å². The van der Waals surface area contributed by atoms with E-state index in [1.165, 1.54) is 12.1 Å². The van der Waals surface area contributed by atoms with Crippen LogP contribution in [-0.4, -0.2) is 65.6 Å². The van der Waals surface area contributed by atoms with E-state index in [9.17, 15) is 9.18 Å². The summed E-state index contributed by atoms with van der Waals surface area (Å²) in [6.45, 7) is 3.81. The summed E-state index contributed by atoms with van der Waals surface area (Å²) in [6, 6.07) is 6.29. The lowest BCUT2D eigenvalue weighted by molar-refractivity contribution is -0.126. The minimum Gasteiger partial charge on any atom is -0.381 e. The molecule has 0 unspecified atom stereocenters. The van der Waals surface area contributed by atoms with E-state index < -0.39 is 0 Å². The quantitative estimate of drug-likeness (QED) is 0.443. The Bertz CT molecular complexity index is 873. The zero-order chi connectivity index (χ0) is 20.9. The van der Waals surface area contributed by atoms with Gasteiger partial charge in [-0.1, -0.05) is 12.1 Å². The number of carbonyl (C=O) groups excluding carboxylic acids is 1. The van der Waals surface area contributed by atoms with Crippen LogP contribution < -0.4 is 10.7 Å². The average molecular weight is 416 g/mol. The molecule has 9 heteroatoms. The van der Waals surface area contributed by atoms with Crippen molar-refractivity contribution >= 4 is 11.7 Å². The summed E-state index contributed by atoms with van der Waals surface area (Å²) < 4.78 is 24.1. The van der Waals surface area contributed by atoms with Gasteiger partial charge in [0, 0.05) is 32.2 Å². The van der Waals surface area contributed by atoms with Gasteiger partial charge in [-0.15, -0.1) is 0 Å². The second-order valence-corrected chi connectivity index (χ2v) is 7.80. The number of H-pyrrole nitrogens is 1. The van der Waals surface area contributed by atoms with Crippen LogP contribution in [-0.2, 0) is 16.1 Å². The van der Waals surface area contributed by atoms with Gasteiger partial charge in [0.15, 0.2) is 0 Å². The van der Waals surface area contributed by atoms with E-state index in [-0.39, 0.29) is 17.8 Å². The second kappa shape index (κ2) is 9.46. The molecule has 160 valence electrons. The van der Waals surface area contributed by atoms with E-state index in [1.807, 2.05) is 0 Å². The minimum absolute atomic E-state index is 0.105. The molecule has 0 bridgehead atoms. The number of halogens is 1. The van der Waals surface area contributed by atoms with E-state index in [0.717, 1.165) is 50.5 Å². The maximum atomic E-state index is 12.9. The molecule has 2 saturated heterocycles. The van der Waals surface area contributed by atoms with E-state index >= 15 is 0 Å². The molecule has 0 saturated carbocycles. The molecule has 2 aromatic rings. The van der Waals surface area contributed by atoms with Crippen LogP contribution >= 0.6 is 0 Å². The summed E-state index contributed by atoms with van der Waals surface area (Å²) in [6.07, 6.45) is 3.47. The summed E-state index contributed by atoms with van der Waals surface area (Å²) in [5, 5.41) is 8.74. The number of hydrogen-bond acceptors (Lipinski definition) is 5. The van der Waals surface area contributed by atoms with Crippen LogP contribution in [0, 0.1) is 5.82 Å². The third-order valence-electron chi connectivity index (χ3n) is 5.44. The number of aromatic amines is 1. The van der Waals surface area contributed by atoms with Crippen molar-refractivity contribution in [2.24, 2.45) is 0 Å². The Labute approximate surface area is 174 Å². The lowest BCUT2D eigenvalue weighted by Gasteiger charge is -2.37. The maximum absolute atomic E-state index is 12.9. The molecule has 2 aliphatic heterocycles. The first-order valence-corrected chi connectivity index (χ1v) is 10.2. The SMILES string of the molecule is [NH2+]=C(CN1CC(OCc2ccc(F)cc2)C1)NC(=O)c1cnc(C2CCOCC2)[nH]1. The highest BCUT2D eigenvalue weighted by molar-refractivity contribution is 6.04. The molecular formula is C21H27FN5O3+. The van der Waals surface area contributed by atoms with Crippen molar-refractivity contribution in [3.8, 4) is 0 Å². The van der Waals surface area contributed by atoms with Gasteiger partial charge in [0.25, 0.3) is 5.84 Å². The highest BCUT2D eigenvalue weighted by Gasteiger charge is 2.30. The van der Waals surface area contributed by atoms with Crippen molar-refractivity contribution in [1.82, 2.24) is 20.2 Å². The first-order valence-electron chi connectivity index (χ1n) is 10.2. The summed E-state index contributed by atoms with van der Waals surface area (Å²) in [7, 11) is 0. The number of hydrogen-bond donors (Lipinski definition) is 3. The molecular weight excluding hydrogens is 389 g/mol. The van der Waals surface area contributed by atoms with Gasteiger partial charge in [-0.2, -0.15) is 0 Å². The van der Waals surface area contributed by atoms with Gasteiger partial charge in [0.2, 0.25) is 0 Å². The molecule has 0 spiro atoms. The van der Waals surface area contributed by atoms with Gasteiger partial charge in [0.1, 0.15) is 23.9 Å². The summed E-state index contributed by atoms with van der Waals surface area (Å²) in [5.74, 6) is 0.971. The van der Waals surface area contributed by atoms with Crippen molar-refractivity contribution in [2.45, 2.75) is 31.5 Å². The number of imidazole rings is 1. The lowest BCUT2D eigenvalue weighted by atomic mass is 10.00. The molecule has 30 heavy (non-hydrogen) atoms. The number of nitrogens with one attached hydrogen (secondary N) is 2. The second-order valence-electron chi connectivity index (χ2n) is 7.80. The highest BCUT2D eigenvalue weighted by Crippen LogP contribution is 2.24. The van der Waals surface area contributed by atoms with E-state index in [4.69, 9.17) is 14.9 Å². The molecule has 8 nitrogen and oxygen atoms in total. The summed E-state index contributed by atoms with van der Waals surface area (Å²) in [4.78, 5) is 22.0. The first-order chi connectivity index (χ1) is 14.6. The predicted molar refractivity (Wildman–Crippen MR) is 107 cm³/mol. The number of carbonyl (C=O) groups is 1. The maximum Gasteiger partial charge on any atom is 0.356 e. The zero-order valence-corrected chi connectivity index (χ0v) is 16.8. The molecule has 1 amide bonds. The smallest absolute Gasteiger partial charge is 0.356 e. The predicted octanol–water partition coefficient (Wildman–Crippen LogP) is 0.231. The Kier molecular flexibility index (Phi) is 6.51. The Hall–Kier alpha value is -2.62. The summed E-state index contributed by atoms with van der Waals surface area (Å²) >= 11 is 0. The van der Waals surface area contributed by atoms with Crippen molar-refractivity contribution in [2.75, 3.05) is 32.8 Å². The van der Waals surface area contributed by atoms with Gasteiger partial charge in [-0.25, -0.2) is 19.5 Å². The molecule has 2 aliphatic rings. The standard InChI is InChI=1S/C21H26FN5O3/c22-16-3-1-14(2-4-16)13-30-17-10-27(11-17)12-19(23)26-21(28)18-9-24-20(25-18)15-5-7-29-8-6-15/h1-4,9,15,17H,5-8,10-13H2,(H,24,25)(H2,23,26,28)/p+1. The Morgan fingerprint density at radius 1 is 1.30 bits per heavy atom. The number of nitrogens with zero attached hydrogens (tertiary/aromatic N) is 2. The number of nitrogens with two attached hydrogens (primary N) is 1. The van der Waals surface area contributed by atoms with Crippen molar-refractivity contribution in [1.29, 1.82) is 0 Å². The van der Waals surface area contributed by atoms with Gasteiger partial charge in [0.05, 0.1) is 18.9 Å². The molecule has 1 aromatic carbocycles. The van der Waals surface area contributed by atoms with E-state index in [2.05, 4.69) is 20.2 Å². The largest absolute Gasteiger partial charge is 0.381 e. The normalized spacial score (nSPS) is 18.2. The fraction of sp³-hybridized carbons (Fsp3) is 0.476. The molecule has 4 N–H and O–H groups in total. The molecule has 0 atom stereocenters. The number of amides is 1. The van der Waals surface area contributed by atoms with Crippen LogP contribution in [0.2, 0.25) is 0 Å². The number of aromatic nitrogens is 2. The monoisotopic (exact) mass is 416 g/mol. The topological polar surface area (TPSA) is 105 Å². The van der Waals surface area contributed by atoms with Gasteiger partial charge in [-0.05, 0) is 30.5 Å². The molecule has 1 aromatic heterocycles. The Balaban J connectivity index is 1.16. The van der Waals surface area contributed by atoms with Crippen LogP contribution in [0.25, 0.3) is 0 Å². The lowest BCUT2D eigenvalue weighted by Crippen LogP contribution is -2.61. The Morgan fingerprint density at radius 2 is 2.03 bits per heavy atom. The van der Waals surface area contributed by atoms with Gasteiger partial charge in [-0.3, -0.25) is 10.3 Å². The highest BCUT2D eigenvalue weighted by atomic mass is 19.1. The minimum atomic E-state index is -0.289. The number of amidine groups is 1. The third-order valence-corrected chi connectivity index (χ3v) is 5.44. The van der Waals surface area contributed by atoms with Crippen molar-refractivity contribution in [3.63, 3.8) is 0 Å². The molecule has 3 heterocycles. The van der Waals surface area contributed by atoms with E-state index in [0.29, 0.717) is 30.6 Å². The van der Waals surface area contributed by atoms with Crippen LogP contribution in [0.3, 0.4) is 0 Å². The zero-order valence-electron chi connectivity index (χ0n) is 16.8. The van der Waals surface area contributed by atoms with Crippen LogP contribution in [0.5, 0.6) is 0 Å². The van der Waals surface area contributed by atoms with Crippen molar-refractivity contribution in [3.05, 3.63) is 53.4 Å². The Morgan fingerprint density at radius 3 is 2.77 bits per heavy atom. The van der Waals surface area contributed by atoms with Crippen LogP contribution in [0.1, 0.15) is 40.6 Å². The molecule has 0 radical (unpaired) electrons. The number of ether oxygens (including phenoxy) is 2. The first kappa shape index (κ1) is 20.6. The molecule has 0 aliphatic carbocycles. The fourth-order valence-corrected chi connectivity index (χ4v) is 3.68. The van der Waals surface area contributed by atoms with Gasteiger partial charge >= 0.3 is 5.91 Å².